The summed E-state index contributed by atoms with van der Waals surface area (Å²) in [5.41, 5.74) is 9.23. The van der Waals surface area contributed by atoms with Crippen molar-refractivity contribution >= 4 is 33.6 Å². The lowest BCUT2D eigenvalue weighted by atomic mass is 10.1. The fourth-order valence-corrected chi connectivity index (χ4v) is 4.12. The monoisotopic (exact) mass is 442 g/mol. The summed E-state index contributed by atoms with van der Waals surface area (Å²) in [7, 11) is 2.14. The molecule has 4 aromatic rings. The summed E-state index contributed by atoms with van der Waals surface area (Å²) >= 11 is 0. The first-order chi connectivity index (χ1) is 16.0. The first-order valence-electron chi connectivity index (χ1n) is 11.0. The van der Waals surface area contributed by atoms with Crippen LogP contribution in [0.3, 0.4) is 0 Å². The number of hydrogen-bond donors (Lipinski definition) is 2. The summed E-state index contributed by atoms with van der Waals surface area (Å²) in [6.45, 7) is 5.87. The Balaban J connectivity index is 1.63. The molecule has 0 bridgehead atoms. The van der Waals surface area contributed by atoms with Crippen molar-refractivity contribution in [2.24, 2.45) is 0 Å². The van der Waals surface area contributed by atoms with E-state index >= 15 is 0 Å². The number of anilines is 2. The van der Waals surface area contributed by atoms with E-state index in [4.69, 9.17) is 15.8 Å². The third-order valence-corrected chi connectivity index (χ3v) is 5.86. The van der Waals surface area contributed by atoms with Gasteiger partial charge in [0.25, 0.3) is 0 Å². The maximum Gasteiger partial charge on any atom is 0.164 e. The van der Waals surface area contributed by atoms with E-state index in [0.29, 0.717) is 29.1 Å². The zero-order valence-electron chi connectivity index (χ0n) is 18.7. The molecule has 1 aliphatic heterocycles. The Morgan fingerprint density at radius 1 is 1.15 bits per heavy atom. The van der Waals surface area contributed by atoms with E-state index < -0.39 is 6.10 Å². The van der Waals surface area contributed by atoms with Gasteiger partial charge in [-0.25, -0.2) is 19.6 Å². The van der Waals surface area contributed by atoms with E-state index in [9.17, 15) is 5.11 Å². The van der Waals surface area contributed by atoms with Gasteiger partial charge in [0.1, 0.15) is 29.8 Å². The number of pyridine rings is 1. The third kappa shape index (κ3) is 4.18. The Hall–Kier alpha value is -3.74. The molecule has 1 atom stereocenters. The number of aliphatic hydroxyl groups excluding tert-OH is 1. The molecule has 1 unspecified atom stereocenters. The summed E-state index contributed by atoms with van der Waals surface area (Å²) in [5, 5.41) is 16.0. The molecule has 0 aliphatic carbocycles. The zero-order chi connectivity index (χ0) is 22.9. The minimum absolute atomic E-state index is 0.317. The van der Waals surface area contributed by atoms with Crippen molar-refractivity contribution in [1.29, 1.82) is 0 Å². The number of hydrogen-bond acceptors (Lipinski definition) is 8. The van der Waals surface area contributed by atoms with E-state index in [1.54, 1.807) is 11.6 Å². The maximum atomic E-state index is 9.61. The van der Waals surface area contributed by atoms with Crippen molar-refractivity contribution < 1.29 is 5.11 Å². The normalized spacial score (nSPS) is 15.5. The van der Waals surface area contributed by atoms with Gasteiger partial charge in [-0.1, -0.05) is 24.1 Å². The Bertz CT molecular complexity index is 1380. The Morgan fingerprint density at radius 2 is 1.94 bits per heavy atom. The van der Waals surface area contributed by atoms with Crippen molar-refractivity contribution in [3.8, 4) is 11.8 Å². The van der Waals surface area contributed by atoms with Gasteiger partial charge in [-0.3, -0.25) is 0 Å². The topological polar surface area (TPSA) is 109 Å². The largest absolute Gasteiger partial charge is 0.383 e. The second kappa shape index (κ2) is 8.65. The minimum Gasteiger partial charge on any atom is -0.383 e. The number of aromatic nitrogens is 5. The third-order valence-electron chi connectivity index (χ3n) is 5.86. The zero-order valence-corrected chi connectivity index (χ0v) is 18.7. The number of rotatable bonds is 3. The van der Waals surface area contributed by atoms with Crippen LogP contribution in [0.2, 0.25) is 0 Å². The molecular weight excluding hydrogens is 416 g/mol. The highest BCUT2D eigenvalue weighted by Crippen LogP contribution is 2.27. The van der Waals surface area contributed by atoms with E-state index in [-0.39, 0.29) is 0 Å². The summed E-state index contributed by atoms with van der Waals surface area (Å²) < 4.78 is 1.80. The van der Waals surface area contributed by atoms with Crippen LogP contribution in [0, 0.1) is 11.8 Å². The molecule has 9 nitrogen and oxygen atoms in total. The number of nitrogen functional groups attached to an aromatic ring is 1. The summed E-state index contributed by atoms with van der Waals surface area (Å²) in [6, 6.07) is 10.3. The number of nitrogens with two attached hydrogens (primary N) is 1. The second-order valence-electron chi connectivity index (χ2n) is 8.36. The lowest BCUT2D eigenvalue weighted by molar-refractivity contribution is 0.253. The number of likely N-dealkylation sites (N-methyl/N-ethyl adjacent to an activating group) is 1. The fourth-order valence-electron chi connectivity index (χ4n) is 4.12. The highest BCUT2D eigenvalue weighted by Gasteiger charge is 2.21. The standard InChI is InChI=1S/C24H26N8O/c1-16(33)7-8-20-21-22(25)26-15-27-24(21)32(29-20)14-18-13-17-5-3-4-6-19(17)28-23(18)31-11-9-30(2)10-12-31/h3-6,13,15-16,33H,9-12,14H2,1-2H3,(H2,25,26,27). The molecule has 5 rings (SSSR count). The van der Waals surface area contributed by atoms with Gasteiger partial charge >= 0.3 is 0 Å². The molecule has 0 saturated carbocycles. The van der Waals surface area contributed by atoms with Crippen molar-refractivity contribution in [2.75, 3.05) is 43.9 Å². The van der Waals surface area contributed by atoms with Crippen molar-refractivity contribution in [2.45, 2.75) is 19.6 Å². The van der Waals surface area contributed by atoms with Gasteiger partial charge in [0, 0.05) is 37.1 Å². The smallest absolute Gasteiger partial charge is 0.164 e. The molecule has 33 heavy (non-hydrogen) atoms. The average molecular weight is 443 g/mol. The van der Waals surface area contributed by atoms with Gasteiger partial charge in [0.05, 0.1) is 17.4 Å². The highest BCUT2D eigenvalue weighted by molar-refractivity contribution is 5.90. The number of para-hydroxylation sites is 1. The van der Waals surface area contributed by atoms with Crippen LogP contribution in [0.5, 0.6) is 0 Å². The van der Waals surface area contributed by atoms with E-state index in [2.05, 4.69) is 50.8 Å². The summed E-state index contributed by atoms with van der Waals surface area (Å²) in [5.74, 6) is 6.95. The number of piperazine rings is 1. The van der Waals surface area contributed by atoms with Crippen LogP contribution in [0.15, 0.2) is 36.7 Å². The predicted molar refractivity (Wildman–Crippen MR) is 129 cm³/mol. The molecule has 0 spiro atoms. The summed E-state index contributed by atoms with van der Waals surface area (Å²) in [4.78, 5) is 18.2. The number of aliphatic hydroxyl groups is 1. The Labute approximate surface area is 191 Å². The maximum absolute atomic E-state index is 9.61. The van der Waals surface area contributed by atoms with E-state index in [1.165, 1.54) is 6.33 Å². The molecular formula is C24H26N8O. The van der Waals surface area contributed by atoms with E-state index in [0.717, 1.165) is 48.5 Å². The fraction of sp³-hybridized carbons (Fsp3) is 0.333. The second-order valence-corrected chi connectivity index (χ2v) is 8.36. The Kier molecular flexibility index (Phi) is 5.54. The van der Waals surface area contributed by atoms with Gasteiger partial charge in [0.2, 0.25) is 0 Å². The molecule has 0 amide bonds. The molecule has 0 radical (unpaired) electrons. The number of nitrogens with zero attached hydrogens (tertiary/aromatic N) is 7. The number of fused-ring (bicyclic) bond motifs is 2. The molecule has 4 heterocycles. The van der Waals surface area contributed by atoms with Crippen LogP contribution in [0.1, 0.15) is 18.2 Å². The van der Waals surface area contributed by atoms with Gasteiger partial charge in [0.15, 0.2) is 5.65 Å². The molecule has 3 aromatic heterocycles. The molecule has 1 aromatic carbocycles. The molecule has 1 fully saturated rings. The molecule has 9 heteroatoms. The molecule has 1 aliphatic rings. The number of benzene rings is 1. The van der Waals surface area contributed by atoms with Crippen molar-refractivity contribution in [3.63, 3.8) is 0 Å². The lowest BCUT2D eigenvalue weighted by Gasteiger charge is -2.34. The minimum atomic E-state index is -0.774. The molecule has 168 valence electrons. The van der Waals surface area contributed by atoms with Crippen LogP contribution < -0.4 is 10.6 Å². The quantitative estimate of drug-likeness (QED) is 0.460. The van der Waals surface area contributed by atoms with Gasteiger partial charge in [-0.15, -0.1) is 0 Å². The molecule has 1 saturated heterocycles. The predicted octanol–water partition coefficient (Wildman–Crippen LogP) is 1.49. The summed E-state index contributed by atoms with van der Waals surface area (Å²) in [6.07, 6.45) is 0.659. The first-order valence-corrected chi connectivity index (χ1v) is 11.0. The van der Waals surface area contributed by atoms with Gasteiger partial charge in [-0.05, 0) is 32.0 Å². The average Bonchev–Trinajstić information content (AvgIpc) is 3.16. The van der Waals surface area contributed by atoms with Crippen LogP contribution in [0.4, 0.5) is 11.6 Å². The Morgan fingerprint density at radius 3 is 2.73 bits per heavy atom. The van der Waals surface area contributed by atoms with Crippen LogP contribution in [-0.2, 0) is 6.54 Å². The first kappa shape index (κ1) is 21.1. The lowest BCUT2D eigenvalue weighted by Crippen LogP contribution is -2.45. The van der Waals surface area contributed by atoms with Gasteiger partial charge in [-0.2, -0.15) is 5.10 Å². The van der Waals surface area contributed by atoms with E-state index in [1.807, 2.05) is 18.2 Å². The highest BCUT2D eigenvalue weighted by atomic mass is 16.3. The SMILES string of the molecule is CC(O)C#Cc1nn(Cc2cc3ccccc3nc2N2CCN(C)CC2)c2ncnc(N)c12. The molecule has 3 N–H and O–H groups in total. The van der Waals surface area contributed by atoms with Crippen LogP contribution in [0.25, 0.3) is 21.9 Å². The van der Waals surface area contributed by atoms with Crippen molar-refractivity contribution in [3.05, 3.63) is 47.9 Å². The van der Waals surface area contributed by atoms with Crippen LogP contribution in [-0.4, -0.2) is 74.1 Å². The van der Waals surface area contributed by atoms with Crippen LogP contribution >= 0.6 is 0 Å². The van der Waals surface area contributed by atoms with Gasteiger partial charge < -0.3 is 20.6 Å². The van der Waals surface area contributed by atoms with Crippen molar-refractivity contribution in [1.82, 2.24) is 29.6 Å².